The van der Waals surface area contributed by atoms with Crippen LogP contribution in [0.5, 0.6) is 0 Å². The second-order valence-corrected chi connectivity index (χ2v) is 5.50. The Labute approximate surface area is 96.7 Å². The summed E-state index contributed by atoms with van der Waals surface area (Å²) in [5.74, 6) is 0. The molecule has 13 heavy (non-hydrogen) atoms. The maximum Gasteiger partial charge on any atom is 0.0931 e. The summed E-state index contributed by atoms with van der Waals surface area (Å²) in [5.41, 5.74) is 1.41. The molecule has 0 aromatic carbocycles. The smallest absolute Gasteiger partial charge is 0.0931 e. The lowest BCUT2D eigenvalue weighted by atomic mass is 10.1. The molecule has 0 amide bonds. The molecule has 0 unspecified atom stereocenters. The highest BCUT2D eigenvalue weighted by Crippen LogP contribution is 2.23. The molecule has 1 rings (SSSR count). The van der Waals surface area contributed by atoms with Crippen molar-refractivity contribution in [3.05, 3.63) is 33.0 Å². The minimum absolute atomic E-state index is 0.878. The molecule has 0 radical (unpaired) electrons. The van der Waals surface area contributed by atoms with Gasteiger partial charge in [-0.15, -0.1) is 11.3 Å². The number of thiophene rings is 1. The van der Waals surface area contributed by atoms with E-state index in [9.17, 15) is 0 Å². The van der Waals surface area contributed by atoms with Crippen LogP contribution in [0.4, 0.5) is 0 Å². The summed E-state index contributed by atoms with van der Waals surface area (Å²) < 4.78 is 0.878. The summed E-state index contributed by atoms with van der Waals surface area (Å²) >= 11 is 10.9. The maximum atomic E-state index is 5.84. The lowest BCUT2D eigenvalue weighted by Gasteiger charge is -1.97. The monoisotopic (exact) mass is 278 g/mol. The average molecular weight is 280 g/mol. The van der Waals surface area contributed by atoms with Gasteiger partial charge >= 0.3 is 0 Å². The normalized spacial score (nSPS) is 12.1. The van der Waals surface area contributed by atoms with Gasteiger partial charge in [-0.3, -0.25) is 0 Å². The first-order chi connectivity index (χ1) is 6.22. The minimum atomic E-state index is 0.878. The number of alkyl halides is 1. The first-order valence-electron chi connectivity index (χ1n) is 4.18. The van der Waals surface area contributed by atoms with E-state index in [0.717, 1.165) is 22.5 Å². The number of hydrogen-bond donors (Lipinski definition) is 0. The molecule has 3 heteroatoms. The highest BCUT2D eigenvalue weighted by Gasteiger charge is 1.98. The molecule has 0 nitrogen and oxygen atoms in total. The van der Waals surface area contributed by atoms with Crippen LogP contribution in [0.3, 0.4) is 0 Å². The molecular weight excluding hydrogens is 268 g/mol. The number of rotatable bonds is 4. The molecule has 0 bridgehead atoms. The molecule has 72 valence electrons. The van der Waals surface area contributed by atoms with Crippen LogP contribution in [-0.2, 0) is 6.42 Å². The molecule has 0 spiro atoms. The topological polar surface area (TPSA) is 0 Å². The number of halogens is 2. The maximum absolute atomic E-state index is 5.84. The summed E-state index contributed by atoms with van der Waals surface area (Å²) in [6, 6.07) is 4.05. The van der Waals surface area contributed by atoms with Crippen LogP contribution in [0.25, 0.3) is 0 Å². The van der Waals surface area contributed by atoms with Gasteiger partial charge in [0.05, 0.1) is 4.34 Å². The van der Waals surface area contributed by atoms with E-state index >= 15 is 0 Å². The van der Waals surface area contributed by atoms with E-state index in [-0.39, 0.29) is 0 Å². The third-order valence-corrected chi connectivity index (χ3v) is 3.37. The molecule has 0 atom stereocenters. The highest BCUT2D eigenvalue weighted by atomic mass is 79.9. The Hall–Kier alpha value is 0.210. The van der Waals surface area contributed by atoms with Crippen LogP contribution in [0.1, 0.15) is 18.2 Å². The van der Waals surface area contributed by atoms with Gasteiger partial charge in [0.2, 0.25) is 0 Å². The van der Waals surface area contributed by atoms with Crippen LogP contribution < -0.4 is 0 Å². The van der Waals surface area contributed by atoms with E-state index in [2.05, 4.69) is 35.0 Å². The lowest BCUT2D eigenvalue weighted by molar-refractivity contribution is 1.12. The molecule has 1 aromatic rings. The standard InChI is InChI=1S/C10H12BrClS/c1-8(3-2-6-11)7-9-4-5-10(12)13-9/h3-5H,2,6-7H2,1H3. The molecule has 1 aromatic heterocycles. The Bertz CT molecular complexity index is 291. The van der Waals surface area contributed by atoms with Gasteiger partial charge in [0, 0.05) is 16.6 Å². The van der Waals surface area contributed by atoms with Gasteiger partial charge in [-0.05, 0) is 25.5 Å². The Balaban J connectivity index is 2.49. The van der Waals surface area contributed by atoms with Gasteiger partial charge in [-0.2, -0.15) is 0 Å². The largest absolute Gasteiger partial charge is 0.128 e. The van der Waals surface area contributed by atoms with E-state index in [1.165, 1.54) is 10.5 Å². The first kappa shape index (κ1) is 11.3. The van der Waals surface area contributed by atoms with E-state index in [1.807, 2.05) is 6.07 Å². The number of hydrogen-bond acceptors (Lipinski definition) is 1. The predicted octanol–water partition coefficient (Wildman–Crippen LogP) is 4.68. The zero-order valence-electron chi connectivity index (χ0n) is 7.52. The van der Waals surface area contributed by atoms with Crippen molar-refractivity contribution in [2.24, 2.45) is 0 Å². The summed E-state index contributed by atoms with van der Waals surface area (Å²) in [4.78, 5) is 1.34. The Morgan fingerprint density at radius 2 is 2.38 bits per heavy atom. The van der Waals surface area contributed by atoms with E-state index in [0.29, 0.717) is 0 Å². The SMILES string of the molecule is CC(=CCCBr)Cc1ccc(Cl)s1. The van der Waals surface area contributed by atoms with Gasteiger partial charge in [-0.25, -0.2) is 0 Å². The fourth-order valence-corrected chi connectivity index (χ4v) is 2.51. The van der Waals surface area contributed by atoms with Crippen molar-refractivity contribution in [3.63, 3.8) is 0 Å². The van der Waals surface area contributed by atoms with Crippen molar-refractivity contribution in [1.82, 2.24) is 0 Å². The van der Waals surface area contributed by atoms with Crippen LogP contribution in [0.2, 0.25) is 4.34 Å². The number of allylic oxidation sites excluding steroid dienone is 2. The Morgan fingerprint density at radius 3 is 2.92 bits per heavy atom. The highest BCUT2D eigenvalue weighted by molar-refractivity contribution is 9.09. The molecule has 0 aliphatic carbocycles. The zero-order chi connectivity index (χ0) is 9.68. The summed E-state index contributed by atoms with van der Waals surface area (Å²) in [7, 11) is 0. The third kappa shape index (κ3) is 4.30. The summed E-state index contributed by atoms with van der Waals surface area (Å²) in [6.07, 6.45) is 4.40. The second-order valence-electron chi connectivity index (χ2n) is 2.91. The minimum Gasteiger partial charge on any atom is -0.128 e. The van der Waals surface area contributed by atoms with Crippen molar-refractivity contribution >= 4 is 38.9 Å². The van der Waals surface area contributed by atoms with Crippen molar-refractivity contribution in [1.29, 1.82) is 0 Å². The van der Waals surface area contributed by atoms with Crippen LogP contribution in [0.15, 0.2) is 23.8 Å². The fourth-order valence-electron chi connectivity index (χ4n) is 1.09. The molecule has 1 heterocycles. The van der Waals surface area contributed by atoms with Crippen LogP contribution in [-0.4, -0.2) is 5.33 Å². The molecule has 0 N–H and O–H groups in total. The van der Waals surface area contributed by atoms with Crippen molar-refractivity contribution in [2.45, 2.75) is 19.8 Å². The van der Waals surface area contributed by atoms with Crippen LogP contribution in [0, 0.1) is 0 Å². The van der Waals surface area contributed by atoms with Gasteiger partial charge in [0.25, 0.3) is 0 Å². The van der Waals surface area contributed by atoms with Crippen LogP contribution >= 0.6 is 38.9 Å². The third-order valence-electron chi connectivity index (χ3n) is 1.68. The Kier molecular flexibility index (Phi) is 5.07. The summed E-state index contributed by atoms with van der Waals surface area (Å²) in [6.45, 7) is 2.16. The van der Waals surface area contributed by atoms with Crippen molar-refractivity contribution in [3.8, 4) is 0 Å². The van der Waals surface area contributed by atoms with Crippen molar-refractivity contribution < 1.29 is 0 Å². The predicted molar refractivity (Wildman–Crippen MR) is 65.2 cm³/mol. The molecule has 0 aliphatic heterocycles. The first-order valence-corrected chi connectivity index (χ1v) is 6.50. The summed E-state index contributed by atoms with van der Waals surface area (Å²) in [5, 5.41) is 1.04. The fraction of sp³-hybridized carbons (Fsp3) is 0.400. The van der Waals surface area contributed by atoms with E-state index < -0.39 is 0 Å². The van der Waals surface area contributed by atoms with Gasteiger partial charge in [-0.1, -0.05) is 39.2 Å². The zero-order valence-corrected chi connectivity index (χ0v) is 10.7. The van der Waals surface area contributed by atoms with Gasteiger partial charge in [0.1, 0.15) is 0 Å². The van der Waals surface area contributed by atoms with Crippen molar-refractivity contribution in [2.75, 3.05) is 5.33 Å². The molecular formula is C10H12BrClS. The molecule has 0 fully saturated rings. The molecule has 0 aliphatic rings. The van der Waals surface area contributed by atoms with Gasteiger partial charge in [0.15, 0.2) is 0 Å². The lowest BCUT2D eigenvalue weighted by Crippen LogP contribution is -1.82. The Morgan fingerprint density at radius 1 is 1.62 bits per heavy atom. The van der Waals surface area contributed by atoms with Gasteiger partial charge < -0.3 is 0 Å². The quantitative estimate of drug-likeness (QED) is 0.555. The molecule has 0 saturated carbocycles. The van der Waals surface area contributed by atoms with E-state index in [1.54, 1.807) is 11.3 Å². The second kappa shape index (κ2) is 5.84. The molecule has 0 saturated heterocycles. The van der Waals surface area contributed by atoms with E-state index in [4.69, 9.17) is 11.6 Å². The average Bonchev–Trinajstić information content (AvgIpc) is 2.48.